The van der Waals surface area contributed by atoms with E-state index in [1.54, 1.807) is 27.4 Å². The predicted molar refractivity (Wildman–Crippen MR) is 154 cm³/mol. The molecule has 6 rings (SSSR count). The van der Waals surface area contributed by atoms with Gasteiger partial charge in [0.15, 0.2) is 0 Å². The summed E-state index contributed by atoms with van der Waals surface area (Å²) in [4.78, 5) is 0. The minimum atomic E-state index is 0. The van der Waals surface area contributed by atoms with Gasteiger partial charge in [0.1, 0.15) is 0 Å². The van der Waals surface area contributed by atoms with Gasteiger partial charge in [0.2, 0.25) is 0 Å². The van der Waals surface area contributed by atoms with Crippen molar-refractivity contribution in [2.45, 2.75) is 53.4 Å². The largest absolute Gasteiger partial charge is 1.00 e. The molecule has 4 aromatic rings. The smallest absolute Gasteiger partial charge is 0.0240 e. The fourth-order valence-electron chi connectivity index (χ4n) is 5.14. The van der Waals surface area contributed by atoms with Crippen molar-refractivity contribution in [2.24, 2.45) is 11.8 Å². The molecule has 0 atom stereocenters. The zero-order valence-corrected chi connectivity index (χ0v) is 26.8. The van der Waals surface area contributed by atoms with Crippen molar-refractivity contribution in [1.29, 1.82) is 0 Å². The standard InChI is InChI=1S/C21H13.C9H18.C5H5.2ClH.Zr/c1-2-8-15-14(7-1)13-20-18-11-4-3-9-16(18)17-10-5-6-12-19(17)21(15)20;1-8(2)6-5-7-9(3)4;1-2-4-5-3-1;;;/h1-10,12H,13H2;8-9H,6-7H2,1-4H3;1-3H,4H2;2*1H;/q-1;;-1;;;+2/p-2. The molecule has 0 saturated carbocycles. The molecule has 0 saturated heterocycles. The monoisotopic (exact) mass is 616 g/mol. The van der Waals surface area contributed by atoms with Crippen molar-refractivity contribution >= 4 is 24.8 Å². The predicted octanol–water partition coefficient (Wildman–Crippen LogP) is 3.48. The summed E-state index contributed by atoms with van der Waals surface area (Å²) in [5.74, 6) is 1.71. The van der Waals surface area contributed by atoms with Gasteiger partial charge in [-0.3, -0.25) is 6.08 Å². The second-order valence-corrected chi connectivity index (χ2v) is 12.2. The Morgan fingerprint density at radius 1 is 0.816 bits per heavy atom. The Morgan fingerprint density at radius 2 is 1.45 bits per heavy atom. The van der Waals surface area contributed by atoms with Crippen LogP contribution in [-0.2, 0) is 30.7 Å². The third kappa shape index (κ3) is 8.11. The fraction of sp³-hybridized carbons (Fsp3) is 0.286. The molecule has 4 aromatic carbocycles. The second kappa shape index (κ2) is 15.7. The SMILES string of the molecule is CC(C)C[C](=[Zr+2])CC(C)C.[C-]1=CC=CC1.[Cl-].[Cl-].[c-]1cccc2c1c1c(c3ccccc32)-c2ccccc2C1. The number of benzene rings is 4. The van der Waals surface area contributed by atoms with E-state index in [1.807, 2.05) is 18.2 Å². The zero-order valence-electron chi connectivity index (χ0n) is 22.8. The molecule has 0 aromatic heterocycles. The first-order valence-electron chi connectivity index (χ1n) is 13.2. The molecular weight excluding hydrogens is 583 g/mol. The van der Waals surface area contributed by atoms with Gasteiger partial charge in [-0.1, -0.05) is 53.9 Å². The van der Waals surface area contributed by atoms with Crippen LogP contribution in [0.15, 0.2) is 85.0 Å². The average molecular weight is 619 g/mol. The van der Waals surface area contributed by atoms with E-state index in [1.165, 1.54) is 56.6 Å². The van der Waals surface area contributed by atoms with Gasteiger partial charge >= 0.3 is 79.8 Å². The summed E-state index contributed by atoms with van der Waals surface area (Å²) in [7, 11) is 0. The van der Waals surface area contributed by atoms with E-state index >= 15 is 0 Å². The summed E-state index contributed by atoms with van der Waals surface area (Å²) < 4.78 is 1.75. The summed E-state index contributed by atoms with van der Waals surface area (Å²) in [6.45, 7) is 9.18. The average Bonchev–Trinajstić information content (AvgIpc) is 3.56. The van der Waals surface area contributed by atoms with E-state index in [-0.39, 0.29) is 24.8 Å². The molecule has 0 spiro atoms. The number of hydrogen-bond donors (Lipinski definition) is 0. The van der Waals surface area contributed by atoms with Crippen molar-refractivity contribution in [2.75, 3.05) is 0 Å². The van der Waals surface area contributed by atoms with Crippen molar-refractivity contribution in [3.63, 3.8) is 0 Å². The first-order chi connectivity index (χ1) is 17.5. The maximum absolute atomic E-state index is 3.48. The molecule has 0 radical (unpaired) electrons. The molecule has 0 N–H and O–H groups in total. The van der Waals surface area contributed by atoms with Crippen LogP contribution in [0.4, 0.5) is 0 Å². The van der Waals surface area contributed by atoms with Gasteiger partial charge in [-0.05, 0) is 28.5 Å². The van der Waals surface area contributed by atoms with Crippen LogP contribution in [0.2, 0.25) is 0 Å². The summed E-state index contributed by atoms with van der Waals surface area (Å²) in [6.07, 6.45) is 13.7. The van der Waals surface area contributed by atoms with E-state index in [2.05, 4.69) is 107 Å². The van der Waals surface area contributed by atoms with E-state index in [0.29, 0.717) is 0 Å². The van der Waals surface area contributed by atoms with Gasteiger partial charge in [-0.15, -0.1) is 47.0 Å². The van der Waals surface area contributed by atoms with Gasteiger partial charge in [-0.25, -0.2) is 12.2 Å². The molecule has 0 fully saturated rings. The molecule has 2 aliphatic carbocycles. The van der Waals surface area contributed by atoms with Crippen LogP contribution in [0, 0.1) is 24.0 Å². The molecule has 0 heterocycles. The van der Waals surface area contributed by atoms with Crippen LogP contribution >= 0.6 is 0 Å². The molecule has 0 nitrogen and oxygen atoms in total. The van der Waals surface area contributed by atoms with Crippen molar-refractivity contribution in [1.82, 2.24) is 0 Å². The Morgan fingerprint density at radius 3 is 2.05 bits per heavy atom. The van der Waals surface area contributed by atoms with Crippen LogP contribution in [-0.4, -0.2) is 3.21 Å². The molecule has 3 heteroatoms. The van der Waals surface area contributed by atoms with Crippen LogP contribution in [0.25, 0.3) is 32.7 Å². The van der Waals surface area contributed by atoms with Crippen molar-refractivity contribution < 1.29 is 49.0 Å². The summed E-state index contributed by atoms with van der Waals surface area (Å²) >= 11 is 1.65. The van der Waals surface area contributed by atoms with Crippen molar-refractivity contribution in [3.05, 3.63) is 108 Å². The molecule has 196 valence electrons. The van der Waals surface area contributed by atoms with Gasteiger partial charge in [-0.2, -0.15) is 6.08 Å². The molecule has 0 aliphatic heterocycles. The Hall–Kier alpha value is -1.79. The number of fused-ring (bicyclic) bond motifs is 8. The maximum atomic E-state index is 3.48. The molecule has 38 heavy (non-hydrogen) atoms. The van der Waals surface area contributed by atoms with Gasteiger partial charge in [0.05, 0.1) is 0 Å². The van der Waals surface area contributed by atoms with Gasteiger partial charge in [0, 0.05) is 0 Å². The fourth-order valence-corrected chi connectivity index (χ4v) is 7.14. The molecule has 0 bridgehead atoms. The summed E-state index contributed by atoms with van der Waals surface area (Å²) in [5, 5.41) is 5.30. The molecule has 0 unspecified atom stereocenters. The topological polar surface area (TPSA) is 0 Å². The third-order valence-corrected chi connectivity index (χ3v) is 7.50. The van der Waals surface area contributed by atoms with Crippen molar-refractivity contribution in [3.8, 4) is 11.1 Å². The number of halogens is 2. The van der Waals surface area contributed by atoms with Crippen LogP contribution in [0.1, 0.15) is 58.1 Å². The Balaban J connectivity index is 0.000000253. The maximum Gasteiger partial charge on any atom is -0.0240 e. The van der Waals surface area contributed by atoms with E-state index in [9.17, 15) is 0 Å². The minimum absolute atomic E-state index is 0. The van der Waals surface area contributed by atoms with E-state index in [4.69, 9.17) is 0 Å². The van der Waals surface area contributed by atoms with E-state index < -0.39 is 0 Å². The number of allylic oxidation sites excluding steroid dienone is 4. The first-order valence-corrected chi connectivity index (χ1v) is 14.4. The Kier molecular flexibility index (Phi) is 13.4. The van der Waals surface area contributed by atoms with E-state index in [0.717, 1.165) is 24.7 Å². The molecular formula is C35H36Cl2Zr-2. The minimum Gasteiger partial charge on any atom is -1.00 e. The third-order valence-electron chi connectivity index (χ3n) is 6.50. The van der Waals surface area contributed by atoms with Crippen LogP contribution in [0.3, 0.4) is 0 Å². The van der Waals surface area contributed by atoms with Gasteiger partial charge in [0.25, 0.3) is 0 Å². The second-order valence-electron chi connectivity index (χ2n) is 10.5. The Bertz CT molecular complexity index is 1390. The van der Waals surface area contributed by atoms with Crippen LogP contribution in [0.5, 0.6) is 0 Å². The quantitative estimate of drug-likeness (QED) is 0.214. The van der Waals surface area contributed by atoms with Crippen LogP contribution < -0.4 is 24.8 Å². The molecule has 2 aliphatic rings. The normalized spacial score (nSPS) is 12.2. The first kappa shape index (κ1) is 32.4. The Labute approximate surface area is 256 Å². The summed E-state index contributed by atoms with van der Waals surface area (Å²) in [6, 6.07) is 27.3. The van der Waals surface area contributed by atoms with Gasteiger partial charge < -0.3 is 24.8 Å². The number of rotatable bonds is 4. The number of hydrogen-bond acceptors (Lipinski definition) is 0. The summed E-state index contributed by atoms with van der Waals surface area (Å²) in [5.41, 5.74) is 5.67. The molecule has 0 amide bonds. The zero-order chi connectivity index (χ0) is 25.5.